The molecule has 1 N–H and O–H groups in total. The smallest absolute Gasteiger partial charge is 0.333 e. The normalized spacial score (nSPS) is 10.1. The highest BCUT2D eigenvalue weighted by Crippen LogP contribution is 2.34. The monoisotopic (exact) mass is 272 g/mol. The molecule has 0 atom stereocenters. The number of nitro groups is 1. The van der Waals surface area contributed by atoms with Gasteiger partial charge in [0.05, 0.1) is 12.0 Å². The maximum Gasteiger partial charge on any atom is 0.333 e. The third kappa shape index (κ3) is 3.06. The molecule has 0 saturated heterocycles. The van der Waals surface area contributed by atoms with E-state index in [0.29, 0.717) is 12.2 Å². The molecular formula is C15H16N2O3. The lowest BCUT2D eigenvalue weighted by Gasteiger charge is -2.09. The molecule has 0 aromatic heterocycles. The molecule has 0 aliphatic rings. The Balaban J connectivity index is 2.21. The van der Waals surface area contributed by atoms with E-state index in [9.17, 15) is 10.1 Å². The van der Waals surface area contributed by atoms with Crippen molar-refractivity contribution >= 4 is 11.4 Å². The largest absolute Gasteiger partial charge is 0.490 e. The summed E-state index contributed by atoms with van der Waals surface area (Å²) in [6, 6.07) is 13.0. The number of hydrogen-bond acceptors (Lipinski definition) is 4. The second-order valence-corrected chi connectivity index (χ2v) is 4.45. The molecule has 0 aliphatic heterocycles. The number of methoxy groups -OCH3 is 1. The third-order valence-corrected chi connectivity index (χ3v) is 3.01. The SMILES string of the molecule is COc1cccc(NCc2ccc(C)cc2)c1[N+](=O)[O-]. The van der Waals surface area contributed by atoms with Gasteiger partial charge in [-0.3, -0.25) is 10.1 Å². The van der Waals surface area contributed by atoms with Crippen molar-refractivity contribution in [3.05, 3.63) is 63.7 Å². The first-order valence-electron chi connectivity index (χ1n) is 6.22. The maximum atomic E-state index is 11.1. The van der Waals surface area contributed by atoms with Crippen LogP contribution >= 0.6 is 0 Å². The van der Waals surface area contributed by atoms with Crippen LogP contribution in [-0.4, -0.2) is 12.0 Å². The molecule has 5 heteroatoms. The predicted octanol–water partition coefficient (Wildman–Crippen LogP) is 3.52. The molecule has 0 heterocycles. The minimum atomic E-state index is -0.434. The molecule has 2 rings (SSSR count). The van der Waals surface area contributed by atoms with Crippen molar-refractivity contribution in [2.45, 2.75) is 13.5 Å². The van der Waals surface area contributed by atoms with E-state index in [4.69, 9.17) is 4.74 Å². The van der Waals surface area contributed by atoms with Gasteiger partial charge in [-0.25, -0.2) is 0 Å². The van der Waals surface area contributed by atoms with Crippen LogP contribution in [0.1, 0.15) is 11.1 Å². The molecule has 5 nitrogen and oxygen atoms in total. The van der Waals surface area contributed by atoms with Crippen molar-refractivity contribution in [2.24, 2.45) is 0 Å². The Bertz CT molecular complexity index is 609. The number of hydrogen-bond donors (Lipinski definition) is 1. The van der Waals surface area contributed by atoms with Gasteiger partial charge in [0.25, 0.3) is 0 Å². The molecule has 0 fully saturated rings. The van der Waals surface area contributed by atoms with Gasteiger partial charge in [-0.05, 0) is 24.6 Å². The van der Waals surface area contributed by atoms with Crippen LogP contribution in [0.15, 0.2) is 42.5 Å². The second kappa shape index (κ2) is 6.06. The van der Waals surface area contributed by atoms with E-state index >= 15 is 0 Å². The molecule has 0 bridgehead atoms. The fourth-order valence-electron chi connectivity index (χ4n) is 1.92. The summed E-state index contributed by atoms with van der Waals surface area (Å²) in [5.41, 5.74) is 2.66. The number of rotatable bonds is 5. The summed E-state index contributed by atoms with van der Waals surface area (Å²) in [7, 11) is 1.42. The summed E-state index contributed by atoms with van der Waals surface area (Å²) in [4.78, 5) is 10.7. The van der Waals surface area contributed by atoms with Crippen LogP contribution < -0.4 is 10.1 Å². The molecular weight excluding hydrogens is 256 g/mol. The number of aryl methyl sites for hydroxylation is 1. The summed E-state index contributed by atoms with van der Waals surface area (Å²) in [6.07, 6.45) is 0. The van der Waals surface area contributed by atoms with Crippen LogP contribution in [-0.2, 0) is 6.54 Å². The molecule has 0 unspecified atom stereocenters. The van der Waals surface area contributed by atoms with Gasteiger partial charge in [0.2, 0.25) is 0 Å². The minimum absolute atomic E-state index is 0.0397. The Hall–Kier alpha value is -2.56. The lowest BCUT2D eigenvalue weighted by molar-refractivity contribution is -0.384. The Labute approximate surface area is 117 Å². The van der Waals surface area contributed by atoms with Crippen LogP contribution in [0.25, 0.3) is 0 Å². The number of para-hydroxylation sites is 1. The average Bonchev–Trinajstić information content (AvgIpc) is 2.46. The Morgan fingerprint density at radius 2 is 1.90 bits per heavy atom. The molecule has 0 aliphatic carbocycles. The molecule has 0 saturated carbocycles. The van der Waals surface area contributed by atoms with Gasteiger partial charge in [-0.15, -0.1) is 0 Å². The van der Waals surface area contributed by atoms with Crippen LogP contribution in [0, 0.1) is 17.0 Å². The molecule has 104 valence electrons. The van der Waals surface area contributed by atoms with Gasteiger partial charge in [-0.2, -0.15) is 0 Å². The van der Waals surface area contributed by atoms with E-state index in [1.54, 1.807) is 18.2 Å². The van der Waals surface area contributed by atoms with Crippen molar-refractivity contribution in [1.82, 2.24) is 0 Å². The van der Waals surface area contributed by atoms with E-state index in [-0.39, 0.29) is 11.4 Å². The first kappa shape index (κ1) is 13.9. The quantitative estimate of drug-likeness (QED) is 0.668. The van der Waals surface area contributed by atoms with Crippen molar-refractivity contribution in [2.75, 3.05) is 12.4 Å². The number of benzene rings is 2. The molecule has 0 spiro atoms. The highest BCUT2D eigenvalue weighted by atomic mass is 16.6. The van der Waals surface area contributed by atoms with Crippen LogP contribution in [0.3, 0.4) is 0 Å². The van der Waals surface area contributed by atoms with Crippen molar-refractivity contribution in [1.29, 1.82) is 0 Å². The summed E-state index contributed by atoms with van der Waals surface area (Å²) in [6.45, 7) is 2.54. The van der Waals surface area contributed by atoms with E-state index in [1.807, 2.05) is 31.2 Å². The number of nitrogens with one attached hydrogen (secondary N) is 1. The Morgan fingerprint density at radius 3 is 2.50 bits per heavy atom. The van der Waals surface area contributed by atoms with Crippen molar-refractivity contribution in [3.63, 3.8) is 0 Å². The fourth-order valence-corrected chi connectivity index (χ4v) is 1.92. The molecule has 2 aromatic carbocycles. The topological polar surface area (TPSA) is 64.4 Å². The fraction of sp³-hybridized carbons (Fsp3) is 0.200. The summed E-state index contributed by atoms with van der Waals surface area (Å²) < 4.78 is 5.03. The first-order chi connectivity index (χ1) is 9.61. The van der Waals surface area contributed by atoms with Crippen LogP contribution in [0.2, 0.25) is 0 Å². The van der Waals surface area contributed by atoms with Crippen LogP contribution in [0.4, 0.5) is 11.4 Å². The second-order valence-electron chi connectivity index (χ2n) is 4.45. The van der Waals surface area contributed by atoms with Crippen LogP contribution in [0.5, 0.6) is 5.75 Å². The van der Waals surface area contributed by atoms with Gasteiger partial charge in [0, 0.05) is 6.54 Å². The lowest BCUT2D eigenvalue weighted by atomic mass is 10.1. The van der Waals surface area contributed by atoms with Crippen molar-refractivity contribution in [3.8, 4) is 5.75 Å². The predicted molar refractivity (Wildman–Crippen MR) is 78.2 cm³/mol. The standard InChI is InChI=1S/C15H16N2O3/c1-11-6-8-12(9-7-11)10-16-13-4-3-5-14(20-2)15(13)17(18)19/h3-9,16H,10H2,1-2H3. The number of nitro benzene ring substituents is 1. The zero-order valence-electron chi connectivity index (χ0n) is 11.4. The summed E-state index contributed by atoms with van der Waals surface area (Å²) in [5, 5.41) is 14.2. The number of ether oxygens (including phenoxy) is 1. The van der Waals surface area contributed by atoms with Gasteiger partial charge in [0.1, 0.15) is 5.69 Å². The third-order valence-electron chi connectivity index (χ3n) is 3.01. The summed E-state index contributed by atoms with van der Waals surface area (Å²) >= 11 is 0. The minimum Gasteiger partial charge on any atom is -0.490 e. The molecule has 20 heavy (non-hydrogen) atoms. The maximum absolute atomic E-state index is 11.1. The zero-order valence-corrected chi connectivity index (χ0v) is 11.4. The van der Waals surface area contributed by atoms with Gasteiger partial charge in [-0.1, -0.05) is 35.9 Å². The average molecular weight is 272 g/mol. The molecule has 0 amide bonds. The first-order valence-corrected chi connectivity index (χ1v) is 6.22. The number of anilines is 1. The van der Waals surface area contributed by atoms with Gasteiger partial charge in [0.15, 0.2) is 5.75 Å². The van der Waals surface area contributed by atoms with Crippen molar-refractivity contribution < 1.29 is 9.66 Å². The Kier molecular flexibility index (Phi) is 4.20. The zero-order chi connectivity index (χ0) is 14.5. The van der Waals surface area contributed by atoms with Gasteiger partial charge >= 0.3 is 5.69 Å². The lowest BCUT2D eigenvalue weighted by Crippen LogP contribution is -2.04. The van der Waals surface area contributed by atoms with Gasteiger partial charge < -0.3 is 10.1 Å². The highest BCUT2D eigenvalue weighted by Gasteiger charge is 2.19. The Morgan fingerprint density at radius 1 is 1.20 bits per heavy atom. The van der Waals surface area contributed by atoms with E-state index in [0.717, 1.165) is 5.56 Å². The molecule has 0 radical (unpaired) electrons. The number of nitrogens with zero attached hydrogens (tertiary/aromatic N) is 1. The molecule has 2 aromatic rings. The van der Waals surface area contributed by atoms with E-state index in [2.05, 4.69) is 5.32 Å². The summed E-state index contributed by atoms with van der Waals surface area (Å²) in [5.74, 6) is 0.254. The van der Waals surface area contributed by atoms with E-state index in [1.165, 1.54) is 12.7 Å². The van der Waals surface area contributed by atoms with E-state index < -0.39 is 4.92 Å². The highest BCUT2D eigenvalue weighted by molar-refractivity contribution is 5.68.